The van der Waals surface area contributed by atoms with Gasteiger partial charge in [-0.25, -0.2) is 8.78 Å². The number of anilines is 3. The molecule has 34 heavy (non-hydrogen) atoms. The van der Waals surface area contributed by atoms with Crippen LogP contribution in [0, 0.1) is 11.6 Å². The maximum absolute atomic E-state index is 13.6. The van der Waals surface area contributed by atoms with Crippen LogP contribution in [0.25, 0.3) is 0 Å². The van der Waals surface area contributed by atoms with Crippen LogP contribution >= 0.6 is 0 Å². The molecule has 0 saturated carbocycles. The Bertz CT molecular complexity index is 1130. The number of carbonyl (C=O) groups excluding carboxylic acids is 1. The van der Waals surface area contributed by atoms with Gasteiger partial charge in [-0.1, -0.05) is 13.0 Å². The van der Waals surface area contributed by atoms with Gasteiger partial charge in [0.05, 0.1) is 0 Å². The second-order valence-electron chi connectivity index (χ2n) is 8.26. The molecule has 0 aliphatic heterocycles. The molecule has 1 unspecified atom stereocenters. The van der Waals surface area contributed by atoms with E-state index in [0.717, 1.165) is 24.7 Å². The molecule has 0 aliphatic carbocycles. The van der Waals surface area contributed by atoms with E-state index in [9.17, 15) is 18.7 Å². The van der Waals surface area contributed by atoms with Crippen molar-refractivity contribution in [2.24, 2.45) is 0 Å². The van der Waals surface area contributed by atoms with Crippen molar-refractivity contribution in [1.82, 2.24) is 0 Å². The summed E-state index contributed by atoms with van der Waals surface area (Å²) in [6, 6.07) is 13.9. The summed E-state index contributed by atoms with van der Waals surface area (Å²) in [5, 5.41) is 16.0. The fourth-order valence-corrected chi connectivity index (χ4v) is 3.93. The van der Waals surface area contributed by atoms with Crippen LogP contribution in [-0.4, -0.2) is 30.1 Å². The van der Waals surface area contributed by atoms with Gasteiger partial charge in [-0.3, -0.25) is 4.79 Å². The fourth-order valence-electron chi connectivity index (χ4n) is 3.93. The lowest BCUT2D eigenvalue weighted by Crippen LogP contribution is -2.22. The molecule has 0 saturated heterocycles. The number of nitrogens with two attached hydrogens (primary N) is 1. The van der Waals surface area contributed by atoms with Crippen LogP contribution in [0.15, 0.2) is 54.6 Å². The van der Waals surface area contributed by atoms with E-state index in [0.29, 0.717) is 40.0 Å². The zero-order valence-corrected chi connectivity index (χ0v) is 19.5. The molecule has 3 rings (SSSR count). The number of rotatable bonds is 11. The van der Waals surface area contributed by atoms with Crippen molar-refractivity contribution >= 4 is 22.8 Å². The molecule has 0 fully saturated rings. The van der Waals surface area contributed by atoms with E-state index in [1.165, 1.54) is 12.1 Å². The second kappa shape index (κ2) is 11.6. The molecule has 3 aromatic rings. The number of aliphatic hydroxyl groups excluding tert-OH is 1. The summed E-state index contributed by atoms with van der Waals surface area (Å²) in [7, 11) is 0. The van der Waals surface area contributed by atoms with Crippen molar-refractivity contribution in [2.75, 3.05) is 29.5 Å². The van der Waals surface area contributed by atoms with Gasteiger partial charge in [-0.15, -0.1) is 0 Å². The molecule has 0 bridgehead atoms. The topological polar surface area (TPSA) is 87.4 Å². The normalized spacial score (nSPS) is 11.8. The first-order chi connectivity index (χ1) is 16.3. The third kappa shape index (κ3) is 6.32. The number of aliphatic hydroxyl groups is 1. The highest BCUT2D eigenvalue weighted by Crippen LogP contribution is 2.28. The van der Waals surface area contributed by atoms with Crippen LogP contribution in [0.2, 0.25) is 0 Å². The first-order valence-corrected chi connectivity index (χ1v) is 11.5. The Kier molecular flexibility index (Phi) is 8.60. The Balaban J connectivity index is 1.97. The molecule has 180 valence electrons. The molecule has 1 atom stereocenters. The largest absolute Gasteiger partial charge is 0.398 e. The number of halogens is 2. The van der Waals surface area contributed by atoms with E-state index in [4.69, 9.17) is 5.73 Å². The third-order valence-electron chi connectivity index (χ3n) is 5.67. The minimum absolute atomic E-state index is 0.0000173. The van der Waals surface area contributed by atoms with Crippen LogP contribution in [-0.2, 0) is 6.42 Å². The lowest BCUT2D eigenvalue weighted by atomic mass is 9.95. The van der Waals surface area contributed by atoms with Gasteiger partial charge in [0.1, 0.15) is 11.6 Å². The van der Waals surface area contributed by atoms with E-state index in [1.54, 1.807) is 24.3 Å². The molecule has 0 aromatic heterocycles. The first kappa shape index (κ1) is 25.2. The van der Waals surface area contributed by atoms with Crippen LogP contribution in [0.4, 0.5) is 25.8 Å². The lowest BCUT2D eigenvalue weighted by molar-refractivity contribution is 0.104. The summed E-state index contributed by atoms with van der Waals surface area (Å²) >= 11 is 0. The van der Waals surface area contributed by atoms with E-state index in [2.05, 4.69) is 10.6 Å². The van der Waals surface area contributed by atoms with Gasteiger partial charge in [0.2, 0.25) is 0 Å². The number of hydrogen-bond donors (Lipinski definition) is 4. The SMILES string of the molecule is CCNc1ccc(C(=O)c2cc(Cc3cc(F)cc(F)c3)ccc2N)c(NC(CC)CCO)c1. The Labute approximate surface area is 199 Å². The van der Waals surface area contributed by atoms with Crippen molar-refractivity contribution in [1.29, 1.82) is 0 Å². The molecule has 0 aliphatic rings. The average molecular weight is 468 g/mol. The van der Waals surface area contributed by atoms with Crippen molar-refractivity contribution in [3.8, 4) is 0 Å². The van der Waals surface area contributed by atoms with E-state index >= 15 is 0 Å². The van der Waals surface area contributed by atoms with Gasteiger partial charge < -0.3 is 21.5 Å². The number of hydrogen-bond acceptors (Lipinski definition) is 5. The van der Waals surface area contributed by atoms with Crippen molar-refractivity contribution in [2.45, 2.75) is 39.2 Å². The Morgan fingerprint density at radius 2 is 1.71 bits per heavy atom. The standard InChI is InChI=1S/C27H31F2N3O2/c1-3-21(9-10-33)32-26-16-22(31-4-2)6-7-23(26)27(34)24-14-17(5-8-25(24)30)11-18-12-19(28)15-20(29)13-18/h5-8,12-16,21,31-33H,3-4,9-11,30H2,1-2H3. The summed E-state index contributed by atoms with van der Waals surface area (Å²) in [6.07, 6.45) is 1.59. The second-order valence-corrected chi connectivity index (χ2v) is 8.26. The van der Waals surface area contributed by atoms with Crippen LogP contribution in [0.3, 0.4) is 0 Å². The molecule has 5 N–H and O–H groups in total. The van der Waals surface area contributed by atoms with Gasteiger partial charge in [-0.2, -0.15) is 0 Å². The van der Waals surface area contributed by atoms with Crippen molar-refractivity contribution < 1.29 is 18.7 Å². The zero-order chi connectivity index (χ0) is 24.7. The monoisotopic (exact) mass is 467 g/mol. The third-order valence-corrected chi connectivity index (χ3v) is 5.67. The molecule has 5 nitrogen and oxygen atoms in total. The van der Waals surface area contributed by atoms with Crippen LogP contribution < -0.4 is 16.4 Å². The van der Waals surface area contributed by atoms with Crippen LogP contribution in [0.5, 0.6) is 0 Å². The Morgan fingerprint density at radius 1 is 0.971 bits per heavy atom. The molecule has 0 heterocycles. The highest BCUT2D eigenvalue weighted by atomic mass is 19.1. The maximum Gasteiger partial charge on any atom is 0.197 e. The summed E-state index contributed by atoms with van der Waals surface area (Å²) in [5.41, 5.74) is 9.97. The summed E-state index contributed by atoms with van der Waals surface area (Å²) in [6.45, 7) is 4.77. The van der Waals surface area contributed by atoms with E-state index in [1.807, 2.05) is 26.0 Å². The molecular weight excluding hydrogens is 436 g/mol. The predicted molar refractivity (Wildman–Crippen MR) is 133 cm³/mol. The molecule has 0 radical (unpaired) electrons. The highest BCUT2D eigenvalue weighted by Gasteiger charge is 2.19. The van der Waals surface area contributed by atoms with Crippen molar-refractivity contribution in [3.05, 3.63) is 88.5 Å². The van der Waals surface area contributed by atoms with Crippen molar-refractivity contribution in [3.63, 3.8) is 0 Å². The smallest absolute Gasteiger partial charge is 0.197 e. The summed E-state index contributed by atoms with van der Waals surface area (Å²) < 4.78 is 27.2. The van der Waals surface area contributed by atoms with Crippen LogP contribution in [0.1, 0.15) is 53.7 Å². The predicted octanol–water partition coefficient (Wildman–Crippen LogP) is 5.37. The Hall–Kier alpha value is -3.45. The van der Waals surface area contributed by atoms with Gasteiger partial charge in [-0.05, 0) is 79.8 Å². The number of carbonyl (C=O) groups is 1. The molecular formula is C27H31F2N3O2. The average Bonchev–Trinajstić information content (AvgIpc) is 2.79. The van der Waals surface area contributed by atoms with Gasteiger partial charge in [0.25, 0.3) is 0 Å². The van der Waals surface area contributed by atoms with E-state index < -0.39 is 11.6 Å². The highest BCUT2D eigenvalue weighted by molar-refractivity contribution is 6.15. The van der Waals surface area contributed by atoms with Gasteiger partial charge in [0.15, 0.2) is 5.78 Å². The first-order valence-electron chi connectivity index (χ1n) is 11.5. The molecule has 3 aromatic carbocycles. The summed E-state index contributed by atoms with van der Waals surface area (Å²) in [4.78, 5) is 13.6. The molecule has 7 heteroatoms. The number of nitrogens with one attached hydrogen (secondary N) is 2. The fraction of sp³-hybridized carbons (Fsp3) is 0.296. The summed E-state index contributed by atoms with van der Waals surface area (Å²) in [5.74, 6) is -1.55. The molecule has 0 amide bonds. The number of ketones is 1. The lowest BCUT2D eigenvalue weighted by Gasteiger charge is -2.21. The van der Waals surface area contributed by atoms with Gasteiger partial charge in [0, 0.05) is 53.4 Å². The maximum atomic E-state index is 13.6. The molecule has 0 spiro atoms. The van der Waals surface area contributed by atoms with E-state index in [-0.39, 0.29) is 24.9 Å². The minimum atomic E-state index is -0.647. The number of benzene rings is 3. The minimum Gasteiger partial charge on any atom is -0.398 e. The number of nitrogen functional groups attached to an aromatic ring is 1. The van der Waals surface area contributed by atoms with Gasteiger partial charge >= 0.3 is 0 Å². The quantitative estimate of drug-likeness (QED) is 0.225. The zero-order valence-electron chi connectivity index (χ0n) is 19.5. The Morgan fingerprint density at radius 3 is 2.35 bits per heavy atom.